The first-order chi connectivity index (χ1) is 5.54. The Labute approximate surface area is 86.9 Å². The van der Waals surface area contributed by atoms with Gasteiger partial charge in [-0.25, -0.2) is 0 Å². The van der Waals surface area contributed by atoms with Crippen molar-refractivity contribution in [2.24, 2.45) is 5.41 Å². The van der Waals surface area contributed by atoms with E-state index >= 15 is 0 Å². The normalized spacial score (nSPS) is 18.7. The van der Waals surface area contributed by atoms with Gasteiger partial charge >= 0.3 is 0 Å². The van der Waals surface area contributed by atoms with E-state index in [2.05, 4.69) is 29.8 Å². The summed E-state index contributed by atoms with van der Waals surface area (Å²) < 4.78 is 10.9. The zero-order valence-corrected chi connectivity index (χ0v) is 10.6. The highest BCUT2D eigenvalue weighted by Gasteiger charge is 2.21. The Morgan fingerprint density at radius 3 is 2.33 bits per heavy atom. The smallest absolute Gasteiger partial charge is 0.0237 e. The van der Waals surface area contributed by atoms with Crippen molar-refractivity contribution in [2.45, 2.75) is 33.1 Å². The van der Waals surface area contributed by atoms with Crippen LogP contribution in [0.2, 0.25) is 0 Å². The lowest BCUT2D eigenvalue weighted by Crippen LogP contribution is -2.20. The van der Waals surface area contributed by atoms with Gasteiger partial charge < -0.3 is 0 Å². The standard InChI is InChI=1S/C9H19BrOS/c1-4-5-9(2,8-10)6-7-12(3)11/h4-8H2,1-3H3. The van der Waals surface area contributed by atoms with Crippen LogP contribution in [0.5, 0.6) is 0 Å². The van der Waals surface area contributed by atoms with Crippen LogP contribution in [0.15, 0.2) is 0 Å². The minimum absolute atomic E-state index is 0.348. The molecule has 0 aliphatic heterocycles. The SMILES string of the molecule is CCCC(C)(CBr)CCS(C)=O. The van der Waals surface area contributed by atoms with E-state index in [4.69, 9.17) is 0 Å². The van der Waals surface area contributed by atoms with Crippen molar-refractivity contribution in [2.75, 3.05) is 17.3 Å². The average molecular weight is 255 g/mol. The number of halogens is 1. The number of hydrogen-bond donors (Lipinski definition) is 0. The molecule has 0 heterocycles. The lowest BCUT2D eigenvalue weighted by molar-refractivity contribution is 0.332. The molecule has 0 N–H and O–H groups in total. The summed E-state index contributed by atoms with van der Waals surface area (Å²) in [5, 5.41) is 1.02. The van der Waals surface area contributed by atoms with Gasteiger partial charge in [-0.15, -0.1) is 0 Å². The summed E-state index contributed by atoms with van der Waals surface area (Å²) in [4.78, 5) is 0. The van der Waals surface area contributed by atoms with Gasteiger partial charge in [-0.05, 0) is 18.3 Å². The summed E-state index contributed by atoms with van der Waals surface area (Å²) in [6, 6.07) is 0. The molecule has 0 fully saturated rings. The van der Waals surface area contributed by atoms with Crippen LogP contribution in [0, 0.1) is 5.41 Å². The third-order valence-corrected chi connectivity index (χ3v) is 4.30. The second-order valence-electron chi connectivity index (χ2n) is 3.72. The predicted octanol–water partition coefficient (Wildman–Crippen LogP) is 2.96. The number of hydrogen-bond acceptors (Lipinski definition) is 1. The summed E-state index contributed by atoms with van der Waals surface area (Å²) in [6.07, 6.45) is 5.27. The first-order valence-electron chi connectivity index (χ1n) is 4.40. The molecule has 0 saturated carbocycles. The molecule has 0 aliphatic rings. The predicted molar refractivity (Wildman–Crippen MR) is 60.4 cm³/mol. The summed E-state index contributed by atoms with van der Waals surface area (Å²) in [7, 11) is -0.638. The highest BCUT2D eigenvalue weighted by molar-refractivity contribution is 9.09. The van der Waals surface area contributed by atoms with Gasteiger partial charge in [0.05, 0.1) is 0 Å². The molecule has 0 saturated heterocycles. The van der Waals surface area contributed by atoms with E-state index in [-0.39, 0.29) is 0 Å². The number of rotatable bonds is 6. The maximum atomic E-state index is 10.9. The van der Waals surface area contributed by atoms with Crippen LogP contribution in [-0.4, -0.2) is 21.5 Å². The third-order valence-electron chi connectivity index (χ3n) is 2.17. The molecule has 74 valence electrons. The van der Waals surface area contributed by atoms with Crippen LogP contribution < -0.4 is 0 Å². The fraction of sp³-hybridized carbons (Fsp3) is 1.00. The van der Waals surface area contributed by atoms with Gasteiger partial charge in [0.15, 0.2) is 0 Å². The van der Waals surface area contributed by atoms with Crippen molar-refractivity contribution < 1.29 is 4.21 Å². The zero-order chi connectivity index (χ0) is 9.61. The van der Waals surface area contributed by atoms with Crippen LogP contribution in [0.3, 0.4) is 0 Å². The molecular weight excluding hydrogens is 236 g/mol. The minimum Gasteiger partial charge on any atom is -0.260 e. The molecule has 0 aliphatic carbocycles. The molecule has 0 rings (SSSR count). The van der Waals surface area contributed by atoms with Crippen molar-refractivity contribution in [3.05, 3.63) is 0 Å². The van der Waals surface area contributed by atoms with Crippen LogP contribution in [-0.2, 0) is 10.8 Å². The second-order valence-corrected chi connectivity index (χ2v) is 5.84. The Bertz CT molecular complexity index is 149. The molecule has 0 radical (unpaired) electrons. The molecule has 3 heteroatoms. The first kappa shape index (κ1) is 12.6. The lowest BCUT2D eigenvalue weighted by Gasteiger charge is -2.26. The second kappa shape index (κ2) is 6.14. The van der Waals surface area contributed by atoms with E-state index in [0.29, 0.717) is 5.41 Å². The lowest BCUT2D eigenvalue weighted by atomic mass is 9.85. The van der Waals surface area contributed by atoms with Crippen molar-refractivity contribution in [3.8, 4) is 0 Å². The molecule has 0 bridgehead atoms. The van der Waals surface area contributed by atoms with Gasteiger partial charge in [0.1, 0.15) is 0 Å². The van der Waals surface area contributed by atoms with E-state index in [1.807, 2.05) is 0 Å². The maximum Gasteiger partial charge on any atom is 0.0237 e. The van der Waals surface area contributed by atoms with Crippen molar-refractivity contribution in [1.82, 2.24) is 0 Å². The summed E-state index contributed by atoms with van der Waals surface area (Å²) in [6.45, 7) is 4.46. The van der Waals surface area contributed by atoms with Crippen LogP contribution in [0.25, 0.3) is 0 Å². The molecule has 0 spiro atoms. The van der Waals surface area contributed by atoms with E-state index in [1.165, 1.54) is 12.8 Å². The summed E-state index contributed by atoms with van der Waals surface area (Å²) >= 11 is 3.52. The molecule has 0 aromatic heterocycles. The fourth-order valence-electron chi connectivity index (χ4n) is 1.25. The summed E-state index contributed by atoms with van der Waals surface area (Å²) in [5.74, 6) is 0.835. The van der Waals surface area contributed by atoms with Crippen molar-refractivity contribution in [3.63, 3.8) is 0 Å². The minimum atomic E-state index is -0.638. The van der Waals surface area contributed by atoms with Gasteiger partial charge in [-0.2, -0.15) is 0 Å². The monoisotopic (exact) mass is 254 g/mol. The summed E-state index contributed by atoms with van der Waals surface area (Å²) in [5.41, 5.74) is 0.348. The van der Waals surface area contributed by atoms with Crippen molar-refractivity contribution >= 4 is 26.7 Å². The number of alkyl halides is 1. The Balaban J connectivity index is 3.86. The Morgan fingerprint density at radius 1 is 1.42 bits per heavy atom. The van der Waals surface area contributed by atoms with Gasteiger partial charge in [-0.3, -0.25) is 4.21 Å². The van der Waals surface area contributed by atoms with E-state index in [0.717, 1.165) is 17.5 Å². The molecular formula is C9H19BrOS. The zero-order valence-electron chi connectivity index (χ0n) is 8.23. The van der Waals surface area contributed by atoms with Gasteiger partial charge in [-0.1, -0.05) is 36.2 Å². The molecule has 0 aromatic carbocycles. The van der Waals surface area contributed by atoms with Crippen molar-refractivity contribution in [1.29, 1.82) is 0 Å². The first-order valence-corrected chi connectivity index (χ1v) is 7.25. The van der Waals surface area contributed by atoms with Gasteiger partial charge in [0.2, 0.25) is 0 Å². The average Bonchev–Trinajstić information content (AvgIpc) is 2.02. The highest BCUT2D eigenvalue weighted by atomic mass is 79.9. The van der Waals surface area contributed by atoms with E-state index in [9.17, 15) is 4.21 Å². The van der Waals surface area contributed by atoms with Gasteiger partial charge in [0, 0.05) is 28.1 Å². The van der Waals surface area contributed by atoms with Crippen LogP contribution in [0.1, 0.15) is 33.1 Å². The fourth-order valence-corrected chi connectivity index (χ4v) is 2.59. The Morgan fingerprint density at radius 2 is 2.00 bits per heavy atom. The highest BCUT2D eigenvalue weighted by Crippen LogP contribution is 2.29. The van der Waals surface area contributed by atoms with Gasteiger partial charge in [0.25, 0.3) is 0 Å². The molecule has 2 atom stereocenters. The Hall–Kier alpha value is 0.630. The quantitative estimate of drug-likeness (QED) is 0.667. The molecule has 0 amide bonds. The molecule has 12 heavy (non-hydrogen) atoms. The van der Waals surface area contributed by atoms with Crippen LogP contribution >= 0.6 is 15.9 Å². The maximum absolute atomic E-state index is 10.9. The van der Waals surface area contributed by atoms with E-state index in [1.54, 1.807) is 6.26 Å². The van der Waals surface area contributed by atoms with E-state index < -0.39 is 10.8 Å². The van der Waals surface area contributed by atoms with Crippen LogP contribution in [0.4, 0.5) is 0 Å². The molecule has 1 nitrogen and oxygen atoms in total. The molecule has 2 unspecified atom stereocenters. The molecule has 0 aromatic rings. The topological polar surface area (TPSA) is 17.1 Å². The third kappa shape index (κ3) is 5.31. The Kier molecular flexibility index (Phi) is 6.46. The largest absolute Gasteiger partial charge is 0.260 e.